The average molecular weight is 400 g/mol. The van der Waals surface area contributed by atoms with Gasteiger partial charge in [-0.25, -0.2) is 4.79 Å². The summed E-state index contributed by atoms with van der Waals surface area (Å²) in [5.74, 6) is -2.20. The van der Waals surface area contributed by atoms with Gasteiger partial charge in [-0.3, -0.25) is 14.6 Å². The van der Waals surface area contributed by atoms with Gasteiger partial charge in [0.2, 0.25) is 0 Å². The number of nitrogens with one attached hydrogen (secondary N) is 1. The van der Waals surface area contributed by atoms with Crippen LogP contribution in [0, 0.1) is 11.3 Å². The summed E-state index contributed by atoms with van der Waals surface area (Å²) < 4.78 is 5.30. The van der Waals surface area contributed by atoms with E-state index in [0.29, 0.717) is 4.91 Å². The van der Waals surface area contributed by atoms with E-state index in [1.807, 2.05) is 0 Å². The van der Waals surface area contributed by atoms with Crippen LogP contribution < -0.4 is 5.32 Å². The number of nitrogens with zero attached hydrogens (tertiary/aromatic N) is 2. The maximum atomic E-state index is 12.2. The highest BCUT2D eigenvalue weighted by atomic mass is 32.2. The first-order chi connectivity index (χ1) is 12.4. The number of carbonyl (C=O) groups is 3. The molecule has 1 aliphatic rings. The van der Waals surface area contributed by atoms with Gasteiger partial charge in [-0.05, 0) is 34.0 Å². The van der Waals surface area contributed by atoms with Crippen molar-refractivity contribution >= 4 is 35.9 Å². The van der Waals surface area contributed by atoms with E-state index in [4.69, 9.17) is 4.74 Å². The lowest BCUT2D eigenvalue weighted by Crippen LogP contribution is -2.63. The van der Waals surface area contributed by atoms with E-state index in [1.54, 1.807) is 47.1 Å². The minimum absolute atomic E-state index is 0.0272. The number of hydrogen-bond donors (Lipinski definition) is 2. The molecule has 0 aromatic heterocycles. The van der Waals surface area contributed by atoms with Crippen LogP contribution in [0.25, 0.3) is 0 Å². The van der Waals surface area contributed by atoms with Gasteiger partial charge in [-0.1, -0.05) is 6.92 Å². The van der Waals surface area contributed by atoms with E-state index in [9.17, 15) is 19.5 Å². The van der Waals surface area contributed by atoms with E-state index in [-0.39, 0.29) is 25.5 Å². The van der Waals surface area contributed by atoms with Crippen molar-refractivity contribution < 1.29 is 24.2 Å². The smallest absolute Gasteiger partial charge is 0.410 e. The SMILES string of the molecule is CC=N/C=C(\SC)C(=O)NC[C@@H](C(=O)O)C1(C)CN(C(=O)OC(C)(C)C)C1. The van der Waals surface area contributed by atoms with Gasteiger partial charge in [0.05, 0.1) is 10.8 Å². The summed E-state index contributed by atoms with van der Waals surface area (Å²) in [6, 6.07) is 0. The van der Waals surface area contributed by atoms with Crippen molar-refractivity contribution in [2.24, 2.45) is 16.3 Å². The summed E-state index contributed by atoms with van der Waals surface area (Å²) in [6.07, 6.45) is 4.28. The van der Waals surface area contributed by atoms with Crippen LogP contribution in [0.2, 0.25) is 0 Å². The highest BCUT2D eigenvalue weighted by Crippen LogP contribution is 2.38. The van der Waals surface area contributed by atoms with E-state index in [2.05, 4.69) is 10.3 Å². The number of amides is 2. The first-order valence-corrected chi connectivity index (χ1v) is 9.87. The fourth-order valence-electron chi connectivity index (χ4n) is 2.76. The normalized spacial score (nSPS) is 18.0. The summed E-state index contributed by atoms with van der Waals surface area (Å²) in [7, 11) is 0. The number of carboxylic acid groups (broad SMARTS) is 1. The lowest BCUT2D eigenvalue weighted by Gasteiger charge is -2.50. The fraction of sp³-hybridized carbons (Fsp3) is 0.667. The molecule has 1 heterocycles. The van der Waals surface area contributed by atoms with Gasteiger partial charge < -0.3 is 20.1 Å². The van der Waals surface area contributed by atoms with Crippen LogP contribution in [0.4, 0.5) is 4.79 Å². The molecule has 1 saturated heterocycles. The molecule has 8 nitrogen and oxygen atoms in total. The Morgan fingerprint density at radius 2 is 1.96 bits per heavy atom. The predicted octanol–water partition coefficient (Wildman–Crippen LogP) is 2.36. The minimum atomic E-state index is -1.01. The van der Waals surface area contributed by atoms with Crippen LogP contribution in [0.1, 0.15) is 34.6 Å². The molecule has 0 bridgehead atoms. The first kappa shape index (κ1) is 23.0. The van der Waals surface area contributed by atoms with Crippen LogP contribution >= 0.6 is 11.8 Å². The van der Waals surface area contributed by atoms with Crippen molar-refractivity contribution in [1.29, 1.82) is 0 Å². The van der Waals surface area contributed by atoms with Crippen molar-refractivity contribution in [2.75, 3.05) is 25.9 Å². The number of ether oxygens (including phenoxy) is 1. The Balaban J connectivity index is 2.71. The second-order valence-corrected chi connectivity index (χ2v) is 8.54. The molecule has 27 heavy (non-hydrogen) atoms. The molecule has 9 heteroatoms. The Bertz CT molecular complexity index is 633. The molecular formula is C18H29N3O5S. The summed E-state index contributed by atoms with van der Waals surface area (Å²) >= 11 is 1.23. The summed E-state index contributed by atoms with van der Waals surface area (Å²) in [5.41, 5.74) is -1.24. The van der Waals surface area contributed by atoms with Crippen LogP contribution in [-0.4, -0.2) is 65.7 Å². The average Bonchev–Trinajstić information content (AvgIpc) is 2.51. The Morgan fingerprint density at radius 1 is 1.37 bits per heavy atom. The second-order valence-electron chi connectivity index (χ2n) is 7.70. The molecule has 0 saturated carbocycles. The molecule has 152 valence electrons. The molecule has 0 spiro atoms. The number of aliphatic carboxylic acids is 1. The van der Waals surface area contributed by atoms with Crippen molar-refractivity contribution in [1.82, 2.24) is 10.2 Å². The Kier molecular flexibility index (Phi) is 7.89. The van der Waals surface area contributed by atoms with Crippen LogP contribution in [0.5, 0.6) is 0 Å². The first-order valence-electron chi connectivity index (χ1n) is 8.64. The van der Waals surface area contributed by atoms with E-state index in [1.165, 1.54) is 22.9 Å². The Hall–Kier alpha value is -2.03. The van der Waals surface area contributed by atoms with Crippen LogP contribution in [0.15, 0.2) is 16.1 Å². The van der Waals surface area contributed by atoms with Gasteiger partial charge >= 0.3 is 12.1 Å². The number of carbonyl (C=O) groups excluding carboxylic acids is 2. The largest absolute Gasteiger partial charge is 0.481 e. The van der Waals surface area contributed by atoms with Gasteiger partial charge in [-0.15, -0.1) is 11.8 Å². The molecule has 0 aliphatic carbocycles. The lowest BCUT2D eigenvalue weighted by molar-refractivity contribution is -0.152. The highest BCUT2D eigenvalue weighted by Gasteiger charge is 2.50. The molecule has 2 amide bonds. The van der Waals surface area contributed by atoms with Crippen LogP contribution in [-0.2, 0) is 14.3 Å². The molecule has 1 fully saturated rings. The zero-order valence-electron chi connectivity index (χ0n) is 16.7. The third kappa shape index (κ3) is 6.57. The highest BCUT2D eigenvalue weighted by molar-refractivity contribution is 8.03. The zero-order valence-corrected chi connectivity index (χ0v) is 17.6. The summed E-state index contributed by atoms with van der Waals surface area (Å²) in [6.45, 7) is 9.36. The van der Waals surface area contributed by atoms with Crippen molar-refractivity contribution in [2.45, 2.75) is 40.2 Å². The monoisotopic (exact) mass is 399 g/mol. The van der Waals surface area contributed by atoms with E-state index in [0.717, 1.165) is 0 Å². The third-order valence-corrected chi connectivity index (χ3v) is 4.88. The Labute approximate surface area is 164 Å². The number of likely N-dealkylation sites (tertiary alicyclic amines) is 1. The number of aliphatic imine (C=N–C) groups is 1. The zero-order chi connectivity index (χ0) is 20.8. The topological polar surface area (TPSA) is 108 Å². The van der Waals surface area contributed by atoms with Crippen molar-refractivity contribution in [3.63, 3.8) is 0 Å². The molecule has 0 radical (unpaired) electrons. The molecule has 2 N–H and O–H groups in total. The molecule has 0 unspecified atom stereocenters. The lowest BCUT2D eigenvalue weighted by atomic mass is 9.71. The quantitative estimate of drug-likeness (QED) is 0.502. The molecule has 0 aromatic carbocycles. The number of thioether (sulfide) groups is 1. The fourth-order valence-corrected chi connectivity index (χ4v) is 3.19. The van der Waals surface area contributed by atoms with Gasteiger partial charge in [0, 0.05) is 37.5 Å². The standard InChI is InChI=1S/C18H29N3O5S/c1-7-19-9-13(27-6)14(22)20-8-12(15(23)24)18(5)10-21(11-18)16(25)26-17(2,3)4/h7,9,12H,8,10-11H2,1-6H3,(H,20,22)(H,23,24)/b13-9-,19-7?/t12-/m0/s1. The summed E-state index contributed by atoms with van der Waals surface area (Å²) in [5, 5.41) is 12.3. The number of rotatable bonds is 7. The second kappa shape index (κ2) is 9.25. The van der Waals surface area contributed by atoms with Crippen molar-refractivity contribution in [3.8, 4) is 0 Å². The Morgan fingerprint density at radius 3 is 2.41 bits per heavy atom. The maximum absolute atomic E-state index is 12.2. The van der Waals surface area contributed by atoms with E-state index < -0.39 is 29.0 Å². The van der Waals surface area contributed by atoms with Gasteiger partial charge in [0.25, 0.3) is 5.91 Å². The van der Waals surface area contributed by atoms with Crippen LogP contribution in [0.3, 0.4) is 0 Å². The summed E-state index contributed by atoms with van der Waals surface area (Å²) in [4.78, 5) is 41.8. The molecule has 1 atom stereocenters. The van der Waals surface area contributed by atoms with Gasteiger partial charge in [0.15, 0.2) is 0 Å². The molecule has 1 rings (SSSR count). The third-order valence-electron chi connectivity index (χ3n) is 4.15. The molecule has 1 aliphatic heterocycles. The maximum Gasteiger partial charge on any atom is 0.410 e. The van der Waals surface area contributed by atoms with Gasteiger partial charge in [-0.2, -0.15) is 0 Å². The molecule has 0 aromatic rings. The van der Waals surface area contributed by atoms with Gasteiger partial charge in [0.1, 0.15) is 5.60 Å². The minimum Gasteiger partial charge on any atom is -0.481 e. The number of carboxylic acids is 1. The number of hydrogen-bond acceptors (Lipinski definition) is 6. The van der Waals surface area contributed by atoms with Crippen molar-refractivity contribution in [3.05, 3.63) is 11.1 Å². The predicted molar refractivity (Wildman–Crippen MR) is 106 cm³/mol. The molecular weight excluding hydrogens is 370 g/mol. The van der Waals surface area contributed by atoms with E-state index >= 15 is 0 Å².